The molecule has 1 saturated heterocycles. The summed E-state index contributed by atoms with van der Waals surface area (Å²) in [7, 11) is 0. The number of carbonyl (C=O) groups is 2. The van der Waals surface area contributed by atoms with Crippen LogP contribution < -0.4 is 14.8 Å². The average molecular weight is 484 g/mol. The Morgan fingerprint density at radius 3 is 2.46 bits per heavy atom. The summed E-state index contributed by atoms with van der Waals surface area (Å²) in [6.45, 7) is 2.04. The lowest BCUT2D eigenvalue weighted by Crippen LogP contribution is -2.40. The average Bonchev–Trinajstić information content (AvgIpc) is 2.98. The van der Waals surface area contributed by atoms with Crippen LogP contribution in [0.15, 0.2) is 60.7 Å². The molecule has 0 radical (unpaired) electrons. The number of nitrogens with zero attached hydrogens (tertiary/aromatic N) is 1. The number of hydrogen-bond donors (Lipinski definition) is 1. The van der Waals surface area contributed by atoms with Gasteiger partial charge in [0.15, 0.2) is 5.75 Å². The monoisotopic (exact) mass is 484 g/mol. The number of halogens is 3. The molecule has 0 spiro atoms. The Morgan fingerprint density at radius 2 is 1.69 bits per heavy atom. The molecule has 0 bridgehead atoms. The molecule has 0 saturated carbocycles. The summed E-state index contributed by atoms with van der Waals surface area (Å²) >= 11 is 0. The molecule has 3 aromatic carbocycles. The van der Waals surface area contributed by atoms with Gasteiger partial charge < -0.3 is 24.4 Å². The lowest BCUT2D eigenvalue weighted by Gasteiger charge is -2.27. The third-order valence-electron chi connectivity index (χ3n) is 5.62. The number of ether oxygens (including phenoxy) is 3. The van der Waals surface area contributed by atoms with E-state index in [4.69, 9.17) is 9.47 Å². The van der Waals surface area contributed by atoms with E-state index in [0.29, 0.717) is 37.4 Å². The molecular formula is C25H19F3N2O5. The normalized spacial score (nSPS) is 15.3. The molecule has 0 aromatic heterocycles. The van der Waals surface area contributed by atoms with Crippen molar-refractivity contribution in [2.45, 2.75) is 6.36 Å². The Labute approximate surface area is 198 Å². The van der Waals surface area contributed by atoms with Gasteiger partial charge in [0.1, 0.15) is 11.5 Å². The van der Waals surface area contributed by atoms with Crippen LogP contribution in [-0.4, -0.2) is 49.4 Å². The van der Waals surface area contributed by atoms with Gasteiger partial charge in [-0.3, -0.25) is 9.59 Å². The van der Waals surface area contributed by atoms with Crippen LogP contribution in [0.2, 0.25) is 0 Å². The first-order valence-electron chi connectivity index (χ1n) is 10.8. The molecule has 2 aliphatic heterocycles. The van der Waals surface area contributed by atoms with E-state index >= 15 is 0 Å². The van der Waals surface area contributed by atoms with Gasteiger partial charge in [0.2, 0.25) is 0 Å². The number of carbonyl (C=O) groups excluding carboxylic acids is 2. The fraction of sp³-hybridized carbons (Fsp3) is 0.200. The first-order chi connectivity index (χ1) is 16.8. The molecule has 2 aliphatic rings. The molecule has 10 heteroatoms. The van der Waals surface area contributed by atoms with Gasteiger partial charge in [-0.05, 0) is 47.5 Å². The Bertz CT molecular complexity index is 1300. The summed E-state index contributed by atoms with van der Waals surface area (Å²) in [6.07, 6.45) is -4.86. The smallest absolute Gasteiger partial charge is 0.454 e. The van der Waals surface area contributed by atoms with Crippen LogP contribution in [-0.2, 0) is 4.74 Å². The van der Waals surface area contributed by atoms with Gasteiger partial charge >= 0.3 is 6.36 Å². The number of alkyl halides is 3. The standard InChI is InChI=1S/C25H19F3N2O5/c26-25(27,28)35-18-5-7-22-20(14-18)29-23(31)19-13-16(4-6-21(19)34-22)15-2-1-3-17(12-15)24(32)30-8-10-33-11-9-30/h1-7,12-14H,8-11H2,(H,29,31). The van der Waals surface area contributed by atoms with Gasteiger partial charge in [-0.25, -0.2) is 0 Å². The van der Waals surface area contributed by atoms with E-state index in [0.717, 1.165) is 17.7 Å². The summed E-state index contributed by atoms with van der Waals surface area (Å²) in [4.78, 5) is 27.5. The highest BCUT2D eigenvalue weighted by Gasteiger charge is 2.32. The second-order valence-electron chi connectivity index (χ2n) is 7.96. The van der Waals surface area contributed by atoms with Crippen LogP contribution in [0.25, 0.3) is 11.1 Å². The van der Waals surface area contributed by atoms with Crippen LogP contribution >= 0.6 is 0 Å². The summed E-state index contributed by atoms with van der Waals surface area (Å²) < 4.78 is 52.7. The summed E-state index contributed by atoms with van der Waals surface area (Å²) in [6, 6.07) is 15.5. The molecule has 180 valence electrons. The Balaban J connectivity index is 1.42. The molecule has 2 heterocycles. The Kier molecular flexibility index (Phi) is 5.81. The molecule has 3 aromatic rings. The number of fused-ring (bicyclic) bond motifs is 2. The van der Waals surface area contributed by atoms with Gasteiger partial charge in [-0.2, -0.15) is 0 Å². The number of hydrogen-bond acceptors (Lipinski definition) is 5. The summed E-state index contributed by atoms with van der Waals surface area (Å²) in [5, 5.41) is 2.57. The van der Waals surface area contributed by atoms with Crippen molar-refractivity contribution in [3.63, 3.8) is 0 Å². The summed E-state index contributed by atoms with van der Waals surface area (Å²) in [5.74, 6) is -0.704. The van der Waals surface area contributed by atoms with Crippen molar-refractivity contribution in [1.82, 2.24) is 4.90 Å². The van der Waals surface area contributed by atoms with Crippen LogP contribution in [0.4, 0.5) is 18.9 Å². The van der Waals surface area contributed by atoms with Crippen molar-refractivity contribution >= 4 is 17.5 Å². The van der Waals surface area contributed by atoms with Crippen molar-refractivity contribution in [3.05, 3.63) is 71.8 Å². The van der Waals surface area contributed by atoms with Gasteiger partial charge in [-0.1, -0.05) is 18.2 Å². The number of nitrogens with one attached hydrogen (secondary N) is 1. The molecule has 35 heavy (non-hydrogen) atoms. The maximum absolute atomic E-state index is 12.9. The number of morpholine rings is 1. The predicted molar refractivity (Wildman–Crippen MR) is 120 cm³/mol. The zero-order valence-electron chi connectivity index (χ0n) is 18.2. The lowest BCUT2D eigenvalue weighted by molar-refractivity contribution is -0.274. The van der Waals surface area contributed by atoms with Crippen molar-refractivity contribution in [1.29, 1.82) is 0 Å². The molecule has 1 N–H and O–H groups in total. The maximum Gasteiger partial charge on any atom is 0.573 e. The first-order valence-corrected chi connectivity index (χ1v) is 10.8. The third-order valence-corrected chi connectivity index (χ3v) is 5.62. The van der Waals surface area contributed by atoms with E-state index in [1.165, 1.54) is 6.07 Å². The van der Waals surface area contributed by atoms with E-state index in [9.17, 15) is 22.8 Å². The van der Waals surface area contributed by atoms with Crippen LogP contribution in [0.5, 0.6) is 17.2 Å². The molecule has 0 aliphatic carbocycles. The largest absolute Gasteiger partial charge is 0.573 e. The zero-order valence-corrected chi connectivity index (χ0v) is 18.2. The van der Waals surface area contributed by atoms with E-state index in [1.807, 2.05) is 6.07 Å². The maximum atomic E-state index is 12.9. The highest BCUT2D eigenvalue weighted by molar-refractivity contribution is 6.08. The minimum Gasteiger partial charge on any atom is -0.454 e. The zero-order chi connectivity index (χ0) is 24.6. The van der Waals surface area contributed by atoms with Crippen molar-refractivity contribution in [2.75, 3.05) is 31.6 Å². The van der Waals surface area contributed by atoms with Gasteiger partial charge in [-0.15, -0.1) is 13.2 Å². The van der Waals surface area contributed by atoms with Crippen LogP contribution in [0, 0.1) is 0 Å². The quantitative estimate of drug-likeness (QED) is 0.561. The fourth-order valence-electron chi connectivity index (χ4n) is 3.96. The molecular weight excluding hydrogens is 465 g/mol. The lowest BCUT2D eigenvalue weighted by atomic mass is 9.99. The van der Waals surface area contributed by atoms with Gasteiger partial charge in [0, 0.05) is 24.7 Å². The van der Waals surface area contributed by atoms with Crippen LogP contribution in [0.3, 0.4) is 0 Å². The molecule has 2 amide bonds. The van der Waals surface area contributed by atoms with E-state index in [-0.39, 0.29) is 28.7 Å². The van der Waals surface area contributed by atoms with Gasteiger partial charge in [0.05, 0.1) is 24.5 Å². The van der Waals surface area contributed by atoms with Crippen molar-refractivity contribution in [2.24, 2.45) is 0 Å². The molecule has 5 rings (SSSR count). The minimum absolute atomic E-state index is 0.0487. The highest BCUT2D eigenvalue weighted by Crippen LogP contribution is 2.40. The highest BCUT2D eigenvalue weighted by atomic mass is 19.4. The Morgan fingerprint density at radius 1 is 0.943 bits per heavy atom. The van der Waals surface area contributed by atoms with E-state index in [2.05, 4.69) is 10.1 Å². The van der Waals surface area contributed by atoms with E-state index in [1.54, 1.807) is 41.3 Å². The molecule has 0 unspecified atom stereocenters. The molecule has 1 fully saturated rings. The summed E-state index contributed by atoms with van der Waals surface area (Å²) in [5.41, 5.74) is 2.16. The number of rotatable bonds is 3. The number of amides is 2. The predicted octanol–water partition coefficient (Wildman–Crippen LogP) is 5.08. The topological polar surface area (TPSA) is 77.1 Å². The third kappa shape index (κ3) is 4.92. The second kappa shape index (κ2) is 8.95. The second-order valence-corrected chi connectivity index (χ2v) is 7.96. The van der Waals surface area contributed by atoms with Crippen LogP contribution in [0.1, 0.15) is 20.7 Å². The fourth-order valence-corrected chi connectivity index (χ4v) is 3.96. The number of benzene rings is 3. The van der Waals surface area contributed by atoms with Crippen molar-refractivity contribution in [3.8, 4) is 28.4 Å². The van der Waals surface area contributed by atoms with E-state index < -0.39 is 18.0 Å². The van der Waals surface area contributed by atoms with Crippen molar-refractivity contribution < 1.29 is 37.0 Å². The van der Waals surface area contributed by atoms with Gasteiger partial charge in [0.25, 0.3) is 11.8 Å². The first kappa shape index (κ1) is 22.7. The SMILES string of the molecule is O=C1Nc2cc(OC(F)(F)F)ccc2Oc2ccc(-c3cccc(C(=O)N4CCOCC4)c3)cc21. The minimum atomic E-state index is -4.86. The molecule has 7 nitrogen and oxygen atoms in total. The number of anilines is 1. The molecule has 0 atom stereocenters. The Hall–Kier alpha value is -4.05.